The highest BCUT2D eigenvalue weighted by molar-refractivity contribution is 7.88. The summed E-state index contributed by atoms with van der Waals surface area (Å²) in [6, 6.07) is 7.44. The van der Waals surface area contributed by atoms with Gasteiger partial charge in [-0.15, -0.1) is 0 Å². The monoisotopic (exact) mass is 421 g/mol. The smallest absolute Gasteiger partial charge is 0.247 e. The lowest BCUT2D eigenvalue weighted by molar-refractivity contribution is -0.133. The van der Waals surface area contributed by atoms with Crippen LogP contribution in [0.4, 0.5) is 5.69 Å². The number of anilines is 1. The maximum atomic E-state index is 13.4. The molecule has 0 bridgehead atoms. The van der Waals surface area contributed by atoms with E-state index >= 15 is 0 Å². The first-order chi connectivity index (χ1) is 13.6. The average molecular weight is 422 g/mol. The van der Waals surface area contributed by atoms with E-state index in [0.717, 1.165) is 41.8 Å². The third-order valence-electron chi connectivity index (χ3n) is 5.98. The molecule has 1 aromatic rings. The van der Waals surface area contributed by atoms with E-state index in [1.54, 1.807) is 19.1 Å². The maximum Gasteiger partial charge on any atom is 0.247 e. The first kappa shape index (κ1) is 21.8. The van der Waals surface area contributed by atoms with Crippen LogP contribution >= 0.6 is 0 Å². The Kier molecular flexibility index (Phi) is 6.33. The zero-order valence-corrected chi connectivity index (χ0v) is 18.3. The molecule has 160 valence electrons. The number of aryl methyl sites for hydroxylation is 1. The van der Waals surface area contributed by atoms with Crippen LogP contribution in [-0.2, 0) is 19.6 Å². The Morgan fingerprint density at radius 2 is 1.69 bits per heavy atom. The van der Waals surface area contributed by atoms with E-state index < -0.39 is 21.5 Å². The highest BCUT2D eigenvalue weighted by atomic mass is 32.2. The fraction of sp³-hybridized carbons (Fsp3) is 0.619. The molecule has 1 N–H and O–H groups in total. The Balaban J connectivity index is 1.95. The molecule has 1 aromatic carbocycles. The Morgan fingerprint density at radius 1 is 1.10 bits per heavy atom. The van der Waals surface area contributed by atoms with E-state index in [1.165, 1.54) is 17.7 Å². The minimum absolute atomic E-state index is 0.0606. The maximum absolute atomic E-state index is 13.4. The standard InChI is InChI=1S/C21H31N3O4S/c1-16-10-12-18(13-11-16)24-19(25)14-23(29(3,27)28)15-21(24,2)20(26)22-17-8-6-4-5-7-9-17/h10-13,17H,4-9,14-15H2,1-3H3,(H,22,26). The third-order valence-corrected chi connectivity index (χ3v) is 7.18. The van der Waals surface area contributed by atoms with Gasteiger partial charge in [0, 0.05) is 18.3 Å². The van der Waals surface area contributed by atoms with Gasteiger partial charge in [-0.3, -0.25) is 14.5 Å². The largest absolute Gasteiger partial charge is 0.351 e. The van der Waals surface area contributed by atoms with Crippen LogP contribution in [-0.4, -0.2) is 55.5 Å². The number of hydrogen-bond donors (Lipinski definition) is 1. The SMILES string of the molecule is Cc1ccc(N2C(=O)CN(S(C)(=O)=O)CC2(C)C(=O)NC2CCCCCC2)cc1. The Hall–Kier alpha value is -1.93. The summed E-state index contributed by atoms with van der Waals surface area (Å²) in [5, 5.41) is 3.12. The van der Waals surface area contributed by atoms with Crippen molar-refractivity contribution in [2.24, 2.45) is 0 Å². The van der Waals surface area contributed by atoms with E-state index in [1.807, 2.05) is 19.1 Å². The van der Waals surface area contributed by atoms with Crippen molar-refractivity contribution in [3.63, 3.8) is 0 Å². The molecule has 1 saturated carbocycles. The van der Waals surface area contributed by atoms with Crippen LogP contribution in [0.1, 0.15) is 51.0 Å². The second-order valence-corrected chi connectivity index (χ2v) is 10.5. The lowest BCUT2D eigenvalue weighted by atomic mass is 9.93. The van der Waals surface area contributed by atoms with Gasteiger partial charge >= 0.3 is 0 Å². The fourth-order valence-electron chi connectivity index (χ4n) is 4.26. The average Bonchev–Trinajstić information content (AvgIpc) is 2.90. The van der Waals surface area contributed by atoms with Gasteiger partial charge in [-0.05, 0) is 38.8 Å². The van der Waals surface area contributed by atoms with Crippen molar-refractivity contribution in [1.29, 1.82) is 0 Å². The summed E-state index contributed by atoms with van der Waals surface area (Å²) in [5.74, 6) is -0.698. The third kappa shape index (κ3) is 4.80. The number of nitrogens with one attached hydrogen (secondary N) is 1. The zero-order chi connectivity index (χ0) is 21.2. The molecule has 0 spiro atoms. The molecule has 29 heavy (non-hydrogen) atoms. The lowest BCUT2D eigenvalue weighted by Gasteiger charge is -2.47. The molecule has 1 aliphatic heterocycles. The molecule has 7 nitrogen and oxygen atoms in total. The van der Waals surface area contributed by atoms with Crippen LogP contribution in [0.5, 0.6) is 0 Å². The molecule has 8 heteroatoms. The zero-order valence-electron chi connectivity index (χ0n) is 17.5. The number of amides is 2. The van der Waals surface area contributed by atoms with Crippen LogP contribution < -0.4 is 10.2 Å². The van der Waals surface area contributed by atoms with Crippen molar-refractivity contribution in [2.45, 2.75) is 64.0 Å². The minimum atomic E-state index is -3.61. The number of piperazine rings is 1. The molecule has 1 atom stereocenters. The van der Waals surface area contributed by atoms with Crippen molar-refractivity contribution in [3.8, 4) is 0 Å². The van der Waals surface area contributed by atoms with E-state index in [9.17, 15) is 18.0 Å². The number of nitrogens with zero attached hydrogens (tertiary/aromatic N) is 2. The van der Waals surface area contributed by atoms with Crippen LogP contribution in [0.25, 0.3) is 0 Å². The summed E-state index contributed by atoms with van der Waals surface area (Å²) in [5.41, 5.74) is 0.327. The first-order valence-electron chi connectivity index (χ1n) is 10.3. The van der Waals surface area contributed by atoms with E-state index in [2.05, 4.69) is 5.32 Å². The molecule has 1 unspecified atom stereocenters. The number of rotatable bonds is 4. The quantitative estimate of drug-likeness (QED) is 0.755. The van der Waals surface area contributed by atoms with Crippen molar-refractivity contribution < 1.29 is 18.0 Å². The van der Waals surface area contributed by atoms with Crippen LogP contribution in [0, 0.1) is 6.92 Å². The summed E-state index contributed by atoms with van der Waals surface area (Å²) < 4.78 is 25.5. The predicted octanol–water partition coefficient (Wildman–Crippen LogP) is 2.20. The van der Waals surface area contributed by atoms with E-state index in [4.69, 9.17) is 0 Å². The molecule has 2 amide bonds. The van der Waals surface area contributed by atoms with Gasteiger partial charge in [-0.2, -0.15) is 4.31 Å². The normalized spacial score (nSPS) is 24.9. The van der Waals surface area contributed by atoms with Crippen molar-refractivity contribution in [3.05, 3.63) is 29.8 Å². The molecule has 1 aliphatic carbocycles. The van der Waals surface area contributed by atoms with Gasteiger partial charge in [0.2, 0.25) is 21.8 Å². The summed E-state index contributed by atoms with van der Waals surface area (Å²) in [4.78, 5) is 28.0. The summed E-state index contributed by atoms with van der Waals surface area (Å²) in [6.45, 7) is 3.28. The van der Waals surface area contributed by atoms with Gasteiger partial charge in [0.25, 0.3) is 0 Å². The number of carbonyl (C=O) groups excluding carboxylic acids is 2. The summed E-state index contributed by atoms with van der Waals surface area (Å²) >= 11 is 0. The van der Waals surface area contributed by atoms with Gasteiger partial charge in [0.05, 0.1) is 12.8 Å². The Bertz CT molecular complexity index is 860. The molecule has 1 heterocycles. The highest BCUT2D eigenvalue weighted by Gasteiger charge is 2.50. The van der Waals surface area contributed by atoms with Crippen LogP contribution in [0.2, 0.25) is 0 Å². The van der Waals surface area contributed by atoms with Crippen LogP contribution in [0.15, 0.2) is 24.3 Å². The molecular formula is C21H31N3O4S. The number of sulfonamides is 1. The second kappa shape index (κ2) is 8.44. The van der Waals surface area contributed by atoms with Crippen molar-refractivity contribution >= 4 is 27.5 Å². The number of benzene rings is 1. The Labute approximate surface area is 173 Å². The molecule has 3 rings (SSSR count). The van der Waals surface area contributed by atoms with E-state index in [0.29, 0.717) is 5.69 Å². The molecule has 2 aliphatic rings. The second-order valence-electron chi connectivity index (χ2n) is 8.53. The summed E-state index contributed by atoms with van der Waals surface area (Å²) in [7, 11) is -3.61. The van der Waals surface area contributed by atoms with Crippen molar-refractivity contribution in [2.75, 3.05) is 24.2 Å². The number of hydrogen-bond acceptors (Lipinski definition) is 4. The summed E-state index contributed by atoms with van der Waals surface area (Å²) in [6.07, 6.45) is 7.37. The Morgan fingerprint density at radius 3 is 2.24 bits per heavy atom. The van der Waals surface area contributed by atoms with Gasteiger partial charge in [-0.25, -0.2) is 8.42 Å². The van der Waals surface area contributed by atoms with Gasteiger partial charge in [0.15, 0.2) is 0 Å². The molecule has 2 fully saturated rings. The van der Waals surface area contributed by atoms with E-state index in [-0.39, 0.29) is 25.0 Å². The van der Waals surface area contributed by atoms with Crippen molar-refractivity contribution in [1.82, 2.24) is 9.62 Å². The lowest BCUT2D eigenvalue weighted by Crippen LogP contribution is -2.70. The van der Waals surface area contributed by atoms with Crippen LogP contribution in [0.3, 0.4) is 0 Å². The minimum Gasteiger partial charge on any atom is -0.351 e. The molecule has 1 saturated heterocycles. The molecule has 0 aromatic heterocycles. The number of carbonyl (C=O) groups is 2. The topological polar surface area (TPSA) is 86.8 Å². The predicted molar refractivity (Wildman–Crippen MR) is 113 cm³/mol. The van der Waals surface area contributed by atoms with Gasteiger partial charge in [-0.1, -0.05) is 43.4 Å². The fourth-order valence-corrected chi connectivity index (χ4v) is 5.09. The van der Waals surface area contributed by atoms with Gasteiger partial charge in [0.1, 0.15) is 5.54 Å². The van der Waals surface area contributed by atoms with Gasteiger partial charge < -0.3 is 5.32 Å². The molecular weight excluding hydrogens is 390 g/mol. The highest BCUT2D eigenvalue weighted by Crippen LogP contribution is 2.31. The first-order valence-corrected chi connectivity index (χ1v) is 12.1. The molecule has 0 radical (unpaired) electrons.